The largest absolute Gasteiger partial charge is 0.326 e. The number of likely N-dealkylation sites (tertiary alicyclic amines) is 1. The smallest absolute Gasteiger partial charge is 0.227 e. The second-order valence-corrected chi connectivity index (χ2v) is 7.84. The number of hydrogen-bond donors (Lipinski definition) is 2. The lowest BCUT2D eigenvalue weighted by Gasteiger charge is -2.31. The molecule has 1 aliphatic rings. The molecule has 1 heterocycles. The van der Waals surface area contributed by atoms with Crippen LogP contribution in [0.2, 0.25) is 0 Å². The average Bonchev–Trinajstić information content (AvgIpc) is 2.64. The molecule has 27 heavy (non-hydrogen) atoms. The molecule has 1 fully saturated rings. The monoisotopic (exact) mass is 429 g/mol. The topological polar surface area (TPSA) is 61.4 Å². The molecule has 2 N–H and O–H groups in total. The van der Waals surface area contributed by atoms with Gasteiger partial charge in [-0.05, 0) is 61.8 Å². The van der Waals surface area contributed by atoms with Crippen LogP contribution in [0.15, 0.2) is 53.0 Å². The highest BCUT2D eigenvalue weighted by Crippen LogP contribution is 2.22. The first-order valence-corrected chi connectivity index (χ1v) is 9.94. The van der Waals surface area contributed by atoms with Crippen LogP contribution in [0.5, 0.6) is 0 Å². The van der Waals surface area contributed by atoms with E-state index in [9.17, 15) is 9.59 Å². The van der Waals surface area contributed by atoms with Crippen LogP contribution >= 0.6 is 15.9 Å². The summed E-state index contributed by atoms with van der Waals surface area (Å²) in [4.78, 5) is 26.1. The molecule has 3 rings (SSSR count). The van der Waals surface area contributed by atoms with Crippen molar-refractivity contribution >= 4 is 39.1 Å². The molecule has 6 heteroatoms. The molecule has 0 atom stereocenters. The molecular weight excluding hydrogens is 406 g/mol. The first-order chi connectivity index (χ1) is 13.0. The van der Waals surface area contributed by atoms with Crippen LogP contribution in [0.3, 0.4) is 0 Å². The summed E-state index contributed by atoms with van der Waals surface area (Å²) in [6.07, 6.45) is 1.71. The number of rotatable bonds is 5. The van der Waals surface area contributed by atoms with Gasteiger partial charge in [-0.15, -0.1) is 0 Å². The summed E-state index contributed by atoms with van der Waals surface area (Å²) in [6.45, 7) is 4.22. The SMILES string of the molecule is CC(=O)Nc1cccc(NC(=O)C2CCN(Cc3ccc(Br)cc3)CC2)c1. The summed E-state index contributed by atoms with van der Waals surface area (Å²) in [5.74, 6) is -0.0505. The number of nitrogens with one attached hydrogen (secondary N) is 2. The van der Waals surface area contributed by atoms with Gasteiger partial charge in [0.1, 0.15) is 0 Å². The van der Waals surface area contributed by atoms with E-state index >= 15 is 0 Å². The Labute approximate surface area is 168 Å². The predicted molar refractivity (Wildman–Crippen MR) is 112 cm³/mol. The van der Waals surface area contributed by atoms with Gasteiger partial charge < -0.3 is 10.6 Å². The van der Waals surface area contributed by atoms with Crippen LogP contribution in [-0.2, 0) is 16.1 Å². The van der Waals surface area contributed by atoms with Crippen molar-refractivity contribution < 1.29 is 9.59 Å². The van der Waals surface area contributed by atoms with Gasteiger partial charge in [0.2, 0.25) is 11.8 Å². The highest BCUT2D eigenvalue weighted by molar-refractivity contribution is 9.10. The zero-order valence-electron chi connectivity index (χ0n) is 15.4. The fourth-order valence-corrected chi connectivity index (χ4v) is 3.59. The number of hydrogen-bond acceptors (Lipinski definition) is 3. The zero-order valence-corrected chi connectivity index (χ0v) is 17.0. The number of carbonyl (C=O) groups excluding carboxylic acids is 2. The van der Waals surface area contributed by atoms with E-state index in [1.54, 1.807) is 12.1 Å². The van der Waals surface area contributed by atoms with Gasteiger partial charge in [-0.3, -0.25) is 14.5 Å². The lowest BCUT2D eigenvalue weighted by molar-refractivity contribution is -0.121. The molecule has 1 saturated heterocycles. The molecule has 1 aliphatic heterocycles. The minimum atomic E-state index is -0.128. The van der Waals surface area contributed by atoms with Gasteiger partial charge in [0.05, 0.1) is 0 Å². The molecule has 2 aromatic carbocycles. The molecule has 0 aromatic heterocycles. The van der Waals surface area contributed by atoms with Crippen LogP contribution in [0.25, 0.3) is 0 Å². The standard InChI is InChI=1S/C21H24BrN3O2/c1-15(26)23-19-3-2-4-20(13-19)24-21(27)17-9-11-25(12-10-17)14-16-5-7-18(22)8-6-16/h2-8,13,17H,9-12,14H2,1H3,(H,23,26)(H,24,27). The first kappa shape index (κ1) is 19.6. The molecule has 0 radical (unpaired) electrons. The Bertz CT molecular complexity index is 799. The second-order valence-electron chi connectivity index (χ2n) is 6.93. The Morgan fingerprint density at radius 1 is 1.04 bits per heavy atom. The highest BCUT2D eigenvalue weighted by atomic mass is 79.9. The maximum Gasteiger partial charge on any atom is 0.227 e. The lowest BCUT2D eigenvalue weighted by Crippen LogP contribution is -2.37. The third-order valence-corrected chi connectivity index (χ3v) is 5.26. The second kappa shape index (κ2) is 9.15. The summed E-state index contributed by atoms with van der Waals surface area (Å²) >= 11 is 3.46. The maximum atomic E-state index is 12.6. The minimum Gasteiger partial charge on any atom is -0.326 e. The third-order valence-electron chi connectivity index (χ3n) is 4.73. The molecular formula is C21H24BrN3O2. The van der Waals surface area contributed by atoms with E-state index in [0.29, 0.717) is 11.4 Å². The first-order valence-electron chi connectivity index (χ1n) is 9.15. The Hall–Kier alpha value is -2.18. The number of amides is 2. The van der Waals surface area contributed by atoms with E-state index in [4.69, 9.17) is 0 Å². The number of anilines is 2. The fourth-order valence-electron chi connectivity index (χ4n) is 3.32. The molecule has 142 valence electrons. The van der Waals surface area contributed by atoms with Crippen LogP contribution in [-0.4, -0.2) is 29.8 Å². The van der Waals surface area contributed by atoms with Crippen molar-refractivity contribution in [1.82, 2.24) is 4.90 Å². The molecule has 2 amide bonds. The number of carbonyl (C=O) groups is 2. The molecule has 0 bridgehead atoms. The third kappa shape index (κ3) is 5.91. The van der Waals surface area contributed by atoms with Crippen LogP contribution in [0.1, 0.15) is 25.3 Å². The Morgan fingerprint density at radius 3 is 2.30 bits per heavy atom. The van der Waals surface area contributed by atoms with Crippen LogP contribution < -0.4 is 10.6 Å². The summed E-state index contributed by atoms with van der Waals surface area (Å²) < 4.78 is 1.09. The van der Waals surface area contributed by atoms with E-state index in [1.807, 2.05) is 12.1 Å². The number of halogens is 1. The van der Waals surface area contributed by atoms with Crippen molar-refractivity contribution in [2.45, 2.75) is 26.3 Å². The molecule has 2 aromatic rings. The van der Waals surface area contributed by atoms with E-state index in [1.165, 1.54) is 12.5 Å². The normalized spacial score (nSPS) is 15.3. The molecule has 0 spiro atoms. The summed E-state index contributed by atoms with van der Waals surface area (Å²) in [6, 6.07) is 15.6. The minimum absolute atomic E-state index is 0.0237. The van der Waals surface area contributed by atoms with Gasteiger partial charge in [0.25, 0.3) is 0 Å². The van der Waals surface area contributed by atoms with E-state index in [0.717, 1.165) is 36.9 Å². The van der Waals surface area contributed by atoms with Crippen molar-refractivity contribution in [2.75, 3.05) is 23.7 Å². The Kier molecular flexibility index (Phi) is 6.63. The van der Waals surface area contributed by atoms with Crippen molar-refractivity contribution in [2.24, 2.45) is 5.92 Å². The zero-order chi connectivity index (χ0) is 19.2. The summed E-state index contributed by atoms with van der Waals surface area (Å²) in [5.41, 5.74) is 2.68. The summed E-state index contributed by atoms with van der Waals surface area (Å²) in [5, 5.41) is 5.71. The van der Waals surface area contributed by atoms with Gasteiger partial charge in [0, 0.05) is 35.2 Å². The molecule has 0 saturated carbocycles. The van der Waals surface area contributed by atoms with Crippen molar-refractivity contribution in [1.29, 1.82) is 0 Å². The van der Waals surface area contributed by atoms with Gasteiger partial charge in [0.15, 0.2) is 0 Å². The molecule has 5 nitrogen and oxygen atoms in total. The van der Waals surface area contributed by atoms with Gasteiger partial charge >= 0.3 is 0 Å². The Balaban J connectivity index is 1.49. The average molecular weight is 430 g/mol. The van der Waals surface area contributed by atoms with Crippen molar-refractivity contribution in [3.05, 3.63) is 58.6 Å². The van der Waals surface area contributed by atoms with Gasteiger partial charge in [-0.1, -0.05) is 34.1 Å². The fraction of sp³-hybridized carbons (Fsp3) is 0.333. The van der Waals surface area contributed by atoms with E-state index in [-0.39, 0.29) is 17.7 Å². The number of benzene rings is 2. The number of piperidine rings is 1. The van der Waals surface area contributed by atoms with Crippen molar-refractivity contribution in [3.8, 4) is 0 Å². The number of nitrogens with zero attached hydrogens (tertiary/aromatic N) is 1. The Morgan fingerprint density at radius 2 is 1.67 bits per heavy atom. The highest BCUT2D eigenvalue weighted by Gasteiger charge is 2.25. The van der Waals surface area contributed by atoms with E-state index < -0.39 is 0 Å². The molecule has 0 unspecified atom stereocenters. The lowest BCUT2D eigenvalue weighted by atomic mass is 9.95. The van der Waals surface area contributed by atoms with Gasteiger partial charge in [-0.2, -0.15) is 0 Å². The maximum absolute atomic E-state index is 12.6. The van der Waals surface area contributed by atoms with E-state index in [2.05, 4.69) is 55.7 Å². The predicted octanol–water partition coefficient (Wildman–Crippen LogP) is 4.26. The summed E-state index contributed by atoms with van der Waals surface area (Å²) in [7, 11) is 0. The molecule has 0 aliphatic carbocycles. The van der Waals surface area contributed by atoms with Crippen molar-refractivity contribution in [3.63, 3.8) is 0 Å². The van der Waals surface area contributed by atoms with Crippen LogP contribution in [0.4, 0.5) is 11.4 Å². The van der Waals surface area contributed by atoms with Gasteiger partial charge in [-0.25, -0.2) is 0 Å². The van der Waals surface area contributed by atoms with Crippen LogP contribution in [0, 0.1) is 5.92 Å². The quantitative estimate of drug-likeness (QED) is 0.746.